The van der Waals surface area contributed by atoms with E-state index in [-0.39, 0.29) is 18.6 Å². The molecule has 1 aromatic rings. The minimum atomic E-state index is -0.159. The highest BCUT2D eigenvalue weighted by Crippen LogP contribution is 2.10. The van der Waals surface area contributed by atoms with Gasteiger partial charge >= 0.3 is 0 Å². The number of hydrogen-bond acceptors (Lipinski definition) is 4. The highest BCUT2D eigenvalue weighted by molar-refractivity contribution is 7.97. The molecule has 0 heterocycles. The number of benzene rings is 1. The van der Waals surface area contributed by atoms with Gasteiger partial charge in [-0.15, -0.1) is 0 Å². The van der Waals surface area contributed by atoms with Crippen LogP contribution in [-0.4, -0.2) is 43.6 Å². The Morgan fingerprint density at radius 1 is 1.42 bits per heavy atom. The highest BCUT2D eigenvalue weighted by Gasteiger charge is 2.13. The molecule has 0 aliphatic carbocycles. The van der Waals surface area contributed by atoms with Crippen molar-refractivity contribution in [3.8, 4) is 0 Å². The van der Waals surface area contributed by atoms with Crippen LogP contribution in [0.25, 0.3) is 0 Å². The summed E-state index contributed by atoms with van der Waals surface area (Å²) in [7, 11) is 1.58. The summed E-state index contributed by atoms with van der Waals surface area (Å²) in [4.78, 5) is 12.0. The van der Waals surface area contributed by atoms with Crippen LogP contribution in [0.1, 0.15) is 22.3 Å². The molecule has 5 heteroatoms. The number of hydrogen-bond donors (Lipinski definition) is 2. The van der Waals surface area contributed by atoms with E-state index in [0.29, 0.717) is 18.6 Å². The fourth-order valence-electron chi connectivity index (χ4n) is 1.74. The molecule has 1 unspecified atom stereocenters. The van der Waals surface area contributed by atoms with Gasteiger partial charge in [0.05, 0.1) is 12.6 Å². The zero-order valence-electron chi connectivity index (χ0n) is 11.4. The molecule has 0 radical (unpaired) electrons. The number of ether oxygens (including phenoxy) is 1. The zero-order valence-corrected chi connectivity index (χ0v) is 12.2. The van der Waals surface area contributed by atoms with Crippen molar-refractivity contribution >= 4 is 17.7 Å². The third-order valence-electron chi connectivity index (χ3n) is 2.71. The number of carbonyl (C=O) groups is 1. The summed E-state index contributed by atoms with van der Waals surface area (Å²) < 4.78 is 5.02. The lowest BCUT2D eigenvalue weighted by Gasteiger charge is -2.16. The van der Waals surface area contributed by atoms with E-state index in [1.165, 1.54) is 5.56 Å². The molecule has 2 N–H and O–H groups in total. The van der Waals surface area contributed by atoms with Crippen molar-refractivity contribution in [3.63, 3.8) is 0 Å². The lowest BCUT2D eigenvalue weighted by molar-refractivity contribution is 0.0878. The van der Waals surface area contributed by atoms with Crippen LogP contribution >= 0.6 is 11.8 Å². The second-order valence-corrected chi connectivity index (χ2v) is 5.13. The van der Waals surface area contributed by atoms with E-state index in [1.54, 1.807) is 18.9 Å². The fraction of sp³-hybridized carbons (Fsp3) is 0.500. The minimum Gasteiger partial charge on any atom is -0.396 e. The van der Waals surface area contributed by atoms with Crippen molar-refractivity contribution in [1.29, 1.82) is 0 Å². The van der Waals surface area contributed by atoms with Crippen LogP contribution in [0, 0.1) is 0 Å². The first-order chi connectivity index (χ1) is 9.21. The van der Waals surface area contributed by atoms with Crippen LogP contribution in [0.2, 0.25) is 0 Å². The van der Waals surface area contributed by atoms with Crippen molar-refractivity contribution < 1.29 is 14.6 Å². The van der Waals surface area contributed by atoms with Crippen LogP contribution in [0.5, 0.6) is 0 Å². The Hall–Kier alpha value is -1.04. The number of thioether (sulfide) groups is 1. The molecule has 0 aromatic heterocycles. The number of nitrogens with one attached hydrogen (secondary N) is 1. The average Bonchev–Trinajstić information content (AvgIpc) is 2.40. The Kier molecular flexibility index (Phi) is 7.55. The molecule has 106 valence electrons. The topological polar surface area (TPSA) is 58.6 Å². The van der Waals surface area contributed by atoms with E-state index < -0.39 is 0 Å². The third-order valence-corrected chi connectivity index (χ3v) is 3.33. The molecule has 4 nitrogen and oxygen atoms in total. The van der Waals surface area contributed by atoms with Crippen molar-refractivity contribution in [2.45, 2.75) is 18.2 Å². The smallest absolute Gasteiger partial charge is 0.251 e. The Morgan fingerprint density at radius 2 is 2.11 bits per heavy atom. The van der Waals surface area contributed by atoms with Gasteiger partial charge in [-0.25, -0.2) is 0 Å². The summed E-state index contributed by atoms with van der Waals surface area (Å²) in [5, 5.41) is 11.8. The van der Waals surface area contributed by atoms with Crippen LogP contribution in [-0.2, 0) is 10.5 Å². The molecule has 1 aromatic carbocycles. The normalized spacial score (nSPS) is 12.2. The van der Waals surface area contributed by atoms with Gasteiger partial charge in [0.2, 0.25) is 0 Å². The number of rotatable bonds is 8. The first kappa shape index (κ1) is 16.0. The first-order valence-corrected chi connectivity index (χ1v) is 7.59. The summed E-state index contributed by atoms with van der Waals surface area (Å²) in [6.07, 6.45) is 2.54. The Labute approximate surface area is 118 Å². The van der Waals surface area contributed by atoms with E-state index in [0.717, 1.165) is 5.75 Å². The van der Waals surface area contributed by atoms with Gasteiger partial charge in [-0.3, -0.25) is 4.79 Å². The van der Waals surface area contributed by atoms with Crippen LogP contribution < -0.4 is 5.32 Å². The SMILES string of the molecule is COCC(CCO)NC(=O)c1ccc(CSC)cc1. The Balaban J connectivity index is 2.60. The summed E-state index contributed by atoms with van der Waals surface area (Å²) in [5.41, 5.74) is 1.83. The van der Waals surface area contributed by atoms with Crippen molar-refractivity contribution in [3.05, 3.63) is 35.4 Å². The zero-order chi connectivity index (χ0) is 14.1. The van der Waals surface area contributed by atoms with Gasteiger partial charge in [0, 0.05) is 25.0 Å². The second kappa shape index (κ2) is 8.96. The predicted molar refractivity (Wildman–Crippen MR) is 78.5 cm³/mol. The van der Waals surface area contributed by atoms with E-state index in [4.69, 9.17) is 9.84 Å². The van der Waals surface area contributed by atoms with Gasteiger partial charge in [0.25, 0.3) is 5.91 Å². The Morgan fingerprint density at radius 3 is 2.63 bits per heavy atom. The minimum absolute atomic E-state index is 0.0287. The monoisotopic (exact) mass is 283 g/mol. The first-order valence-electron chi connectivity index (χ1n) is 6.19. The Bertz CT molecular complexity index is 375. The molecule has 0 aliphatic heterocycles. The molecule has 0 bridgehead atoms. The van der Waals surface area contributed by atoms with Crippen molar-refractivity contribution in [2.75, 3.05) is 26.6 Å². The largest absolute Gasteiger partial charge is 0.396 e. The van der Waals surface area contributed by atoms with E-state index in [9.17, 15) is 4.79 Å². The van der Waals surface area contributed by atoms with Crippen LogP contribution in [0.3, 0.4) is 0 Å². The molecule has 0 saturated carbocycles. The molecule has 1 atom stereocenters. The van der Waals surface area contributed by atoms with E-state index >= 15 is 0 Å². The summed E-state index contributed by atoms with van der Waals surface area (Å²) in [6.45, 7) is 0.428. The molecule has 19 heavy (non-hydrogen) atoms. The van der Waals surface area contributed by atoms with Gasteiger partial charge < -0.3 is 15.2 Å². The number of methoxy groups -OCH3 is 1. The van der Waals surface area contributed by atoms with Crippen molar-refractivity contribution in [2.24, 2.45) is 0 Å². The molecule has 1 amide bonds. The molecule has 0 aliphatic rings. The van der Waals surface area contributed by atoms with Crippen LogP contribution in [0.4, 0.5) is 0 Å². The van der Waals surface area contributed by atoms with Gasteiger partial charge in [-0.2, -0.15) is 11.8 Å². The maximum Gasteiger partial charge on any atom is 0.251 e. The lowest BCUT2D eigenvalue weighted by Crippen LogP contribution is -2.38. The van der Waals surface area contributed by atoms with Gasteiger partial charge in [0.15, 0.2) is 0 Å². The van der Waals surface area contributed by atoms with Gasteiger partial charge in [-0.05, 0) is 30.4 Å². The lowest BCUT2D eigenvalue weighted by atomic mass is 10.1. The summed E-state index contributed by atoms with van der Waals surface area (Å²) >= 11 is 1.75. The maximum atomic E-state index is 12.0. The number of carbonyl (C=O) groups excluding carboxylic acids is 1. The summed E-state index contributed by atoms with van der Waals surface area (Å²) in [5.74, 6) is 0.810. The van der Waals surface area contributed by atoms with Crippen LogP contribution in [0.15, 0.2) is 24.3 Å². The molecule has 1 rings (SSSR count). The van der Waals surface area contributed by atoms with Crippen molar-refractivity contribution in [1.82, 2.24) is 5.32 Å². The maximum absolute atomic E-state index is 12.0. The summed E-state index contributed by atoms with van der Waals surface area (Å²) in [6, 6.07) is 7.41. The van der Waals surface area contributed by atoms with Gasteiger partial charge in [0.1, 0.15) is 0 Å². The number of aliphatic hydroxyl groups excluding tert-OH is 1. The van der Waals surface area contributed by atoms with E-state index in [2.05, 4.69) is 5.32 Å². The molecule has 0 fully saturated rings. The quantitative estimate of drug-likeness (QED) is 0.762. The van der Waals surface area contributed by atoms with E-state index in [1.807, 2.05) is 30.5 Å². The molecule has 0 spiro atoms. The second-order valence-electron chi connectivity index (χ2n) is 4.27. The molecular weight excluding hydrogens is 262 g/mol. The third kappa shape index (κ3) is 5.63. The fourth-order valence-corrected chi connectivity index (χ4v) is 2.27. The standard InChI is InChI=1S/C14H21NO3S/c1-18-9-13(7-8-16)15-14(17)12-5-3-11(4-6-12)10-19-2/h3-6,13,16H,7-10H2,1-2H3,(H,15,17). The molecular formula is C14H21NO3S. The number of aliphatic hydroxyl groups is 1. The molecule has 0 saturated heterocycles. The predicted octanol–water partition coefficient (Wildman–Crippen LogP) is 1.68. The average molecular weight is 283 g/mol. The number of amides is 1. The van der Waals surface area contributed by atoms with Gasteiger partial charge in [-0.1, -0.05) is 12.1 Å². The highest BCUT2D eigenvalue weighted by atomic mass is 32.2.